The van der Waals surface area contributed by atoms with E-state index in [4.69, 9.17) is 4.74 Å². The summed E-state index contributed by atoms with van der Waals surface area (Å²) >= 11 is 0. The van der Waals surface area contributed by atoms with Crippen LogP contribution in [0.4, 0.5) is 4.79 Å². The molecule has 1 heterocycles. The summed E-state index contributed by atoms with van der Waals surface area (Å²) in [5.74, 6) is -2.39. The molecule has 0 radical (unpaired) electrons. The number of carboxylic acids is 1. The number of ketones is 1. The molecule has 0 bridgehead atoms. The summed E-state index contributed by atoms with van der Waals surface area (Å²) in [6.45, 7) is 6.61. The molecular formula is C23H28N2O5. The van der Waals surface area contributed by atoms with Crippen molar-refractivity contribution in [2.24, 2.45) is 4.99 Å². The Morgan fingerprint density at radius 2 is 1.83 bits per heavy atom. The smallest absolute Gasteiger partial charge is 0.411 e. The number of carbonyl (C=O) groups is 3. The van der Waals surface area contributed by atoms with Gasteiger partial charge >= 0.3 is 12.1 Å². The first-order chi connectivity index (χ1) is 14.1. The zero-order valence-electron chi connectivity index (χ0n) is 17.7. The second-order valence-corrected chi connectivity index (χ2v) is 8.81. The zero-order valence-corrected chi connectivity index (χ0v) is 17.7. The molecule has 0 spiro atoms. The van der Waals surface area contributed by atoms with E-state index in [9.17, 15) is 19.5 Å². The molecule has 1 N–H and O–H groups in total. The van der Waals surface area contributed by atoms with Crippen LogP contribution in [0.1, 0.15) is 52.0 Å². The van der Waals surface area contributed by atoms with E-state index in [0.29, 0.717) is 18.4 Å². The van der Waals surface area contributed by atoms with Crippen LogP contribution in [0.3, 0.4) is 0 Å². The van der Waals surface area contributed by atoms with Crippen molar-refractivity contribution in [3.8, 4) is 0 Å². The summed E-state index contributed by atoms with van der Waals surface area (Å²) in [6, 6.07) is 7.36. The number of aliphatic carboxylic acids is 1. The molecule has 1 amide bonds. The Balaban J connectivity index is 2.16. The number of aliphatic imine (C=N–C) groups is 1. The molecule has 1 aromatic carbocycles. The van der Waals surface area contributed by atoms with Crippen LogP contribution in [0.15, 0.2) is 47.5 Å². The molecule has 30 heavy (non-hydrogen) atoms. The topological polar surface area (TPSA) is 96.3 Å². The molecule has 0 aromatic heterocycles. The Morgan fingerprint density at radius 1 is 1.20 bits per heavy atom. The van der Waals surface area contributed by atoms with E-state index in [1.807, 2.05) is 6.07 Å². The molecule has 7 heteroatoms. The largest absolute Gasteiger partial charge is 0.480 e. The van der Waals surface area contributed by atoms with E-state index in [2.05, 4.69) is 4.99 Å². The summed E-state index contributed by atoms with van der Waals surface area (Å²) < 4.78 is 5.56. The number of Topliss-reactive ketones (excluding diaryl/α,β-unsaturated/α-hetero) is 1. The predicted molar refractivity (Wildman–Crippen MR) is 113 cm³/mol. The molecule has 1 aliphatic heterocycles. The number of nitrogens with zero attached hydrogens (tertiary/aromatic N) is 2. The van der Waals surface area contributed by atoms with Gasteiger partial charge in [0.25, 0.3) is 0 Å². The van der Waals surface area contributed by atoms with Gasteiger partial charge in [-0.05, 0) is 58.3 Å². The van der Waals surface area contributed by atoms with Gasteiger partial charge in [0.05, 0.1) is 5.92 Å². The third-order valence-electron chi connectivity index (χ3n) is 5.33. The van der Waals surface area contributed by atoms with Crippen LogP contribution in [0.5, 0.6) is 0 Å². The zero-order chi connectivity index (χ0) is 22.1. The molecule has 3 unspecified atom stereocenters. The lowest BCUT2D eigenvalue weighted by Crippen LogP contribution is -2.57. The lowest BCUT2D eigenvalue weighted by molar-refractivity contribution is -0.145. The fourth-order valence-electron chi connectivity index (χ4n) is 3.93. The maximum Gasteiger partial charge on any atom is 0.411 e. The van der Waals surface area contributed by atoms with Gasteiger partial charge in [-0.2, -0.15) is 0 Å². The van der Waals surface area contributed by atoms with E-state index in [1.54, 1.807) is 57.2 Å². The summed E-state index contributed by atoms with van der Waals surface area (Å²) in [5, 5.41) is 10.3. The van der Waals surface area contributed by atoms with E-state index >= 15 is 0 Å². The average molecular weight is 412 g/mol. The fraction of sp³-hybridized carbons (Fsp3) is 0.478. The monoisotopic (exact) mass is 412 g/mol. The van der Waals surface area contributed by atoms with E-state index < -0.39 is 35.2 Å². The quantitative estimate of drug-likeness (QED) is 0.738. The Kier molecular flexibility index (Phi) is 5.83. The minimum absolute atomic E-state index is 0.245. The first-order valence-corrected chi connectivity index (χ1v) is 10.1. The van der Waals surface area contributed by atoms with Crippen molar-refractivity contribution in [2.75, 3.05) is 0 Å². The summed E-state index contributed by atoms with van der Waals surface area (Å²) in [6.07, 6.45) is 5.47. The number of allylic oxidation sites excluding steroid dienone is 1. The third kappa shape index (κ3) is 4.30. The van der Waals surface area contributed by atoms with Gasteiger partial charge in [-0.1, -0.05) is 30.3 Å². The number of amides is 1. The first-order valence-electron chi connectivity index (χ1n) is 10.1. The van der Waals surface area contributed by atoms with Gasteiger partial charge < -0.3 is 9.84 Å². The Morgan fingerprint density at radius 3 is 2.27 bits per heavy atom. The highest BCUT2D eigenvalue weighted by Crippen LogP contribution is 2.43. The number of hydrogen-bond acceptors (Lipinski definition) is 5. The van der Waals surface area contributed by atoms with Crippen LogP contribution in [-0.4, -0.2) is 57.3 Å². The number of hydrogen-bond donors (Lipinski definition) is 1. The minimum Gasteiger partial charge on any atom is -0.480 e. The van der Waals surface area contributed by atoms with Crippen molar-refractivity contribution in [3.63, 3.8) is 0 Å². The lowest BCUT2D eigenvalue weighted by atomic mass is 9.72. The van der Waals surface area contributed by atoms with Gasteiger partial charge in [0.15, 0.2) is 5.78 Å². The molecule has 1 aromatic rings. The van der Waals surface area contributed by atoms with E-state index in [-0.39, 0.29) is 11.8 Å². The molecule has 2 aliphatic rings. The average Bonchev–Trinajstić information content (AvgIpc) is 3.35. The standard InChI is InChI=1S/C23H28N2O5/c1-15(26)23(13-8-14-24-23)18(16-9-6-5-7-10-16)19(20(27)28)25(17-11-12-17)21(29)30-22(2,3)4/h5-10,13-14,17-19H,11-12H2,1-4H3,(H,27,28). The van der Waals surface area contributed by atoms with Crippen molar-refractivity contribution < 1.29 is 24.2 Å². The minimum atomic E-state index is -1.40. The van der Waals surface area contributed by atoms with Crippen molar-refractivity contribution in [3.05, 3.63) is 48.0 Å². The van der Waals surface area contributed by atoms with Gasteiger partial charge in [0.2, 0.25) is 0 Å². The predicted octanol–water partition coefficient (Wildman–Crippen LogP) is 3.59. The highest BCUT2D eigenvalue weighted by molar-refractivity contribution is 5.97. The second-order valence-electron chi connectivity index (χ2n) is 8.81. The van der Waals surface area contributed by atoms with Crippen LogP contribution in [0, 0.1) is 0 Å². The summed E-state index contributed by atoms with van der Waals surface area (Å²) in [7, 11) is 0. The Labute approximate surface area is 176 Å². The molecule has 7 nitrogen and oxygen atoms in total. The SMILES string of the molecule is CC(=O)C1(C(c2ccccc2)C(C(=O)O)N(C(=O)OC(C)(C)C)C2CC2)C=CC=N1. The first kappa shape index (κ1) is 21.7. The summed E-state index contributed by atoms with van der Waals surface area (Å²) in [4.78, 5) is 44.3. The molecular weight excluding hydrogens is 384 g/mol. The Hall–Kier alpha value is -2.96. The van der Waals surface area contributed by atoms with Crippen LogP contribution in [0.2, 0.25) is 0 Å². The molecule has 3 rings (SSSR count). The van der Waals surface area contributed by atoms with Gasteiger partial charge in [0, 0.05) is 12.3 Å². The van der Waals surface area contributed by atoms with Crippen LogP contribution >= 0.6 is 0 Å². The van der Waals surface area contributed by atoms with E-state index in [0.717, 1.165) is 0 Å². The number of rotatable bonds is 7. The fourth-order valence-corrected chi connectivity index (χ4v) is 3.93. The van der Waals surface area contributed by atoms with Gasteiger partial charge in [-0.3, -0.25) is 14.7 Å². The molecule has 1 saturated carbocycles. The highest BCUT2D eigenvalue weighted by atomic mass is 16.6. The Bertz CT molecular complexity index is 869. The highest BCUT2D eigenvalue weighted by Gasteiger charge is 2.55. The van der Waals surface area contributed by atoms with Crippen molar-refractivity contribution in [2.45, 2.75) is 69.7 Å². The van der Waals surface area contributed by atoms with Crippen LogP contribution in [-0.2, 0) is 14.3 Å². The number of carbonyl (C=O) groups excluding carboxylic acids is 2. The second kappa shape index (κ2) is 8.05. The van der Waals surface area contributed by atoms with Gasteiger partial charge in [-0.15, -0.1) is 0 Å². The maximum absolute atomic E-state index is 13.1. The maximum atomic E-state index is 13.1. The molecule has 160 valence electrons. The number of ether oxygens (including phenoxy) is 1. The molecule has 1 fully saturated rings. The third-order valence-corrected chi connectivity index (χ3v) is 5.33. The van der Waals surface area contributed by atoms with Crippen molar-refractivity contribution in [1.82, 2.24) is 4.90 Å². The van der Waals surface area contributed by atoms with Gasteiger partial charge in [0.1, 0.15) is 17.2 Å². The normalized spacial score (nSPS) is 22.4. The number of benzene rings is 1. The van der Waals surface area contributed by atoms with Crippen LogP contribution < -0.4 is 0 Å². The molecule has 3 atom stereocenters. The van der Waals surface area contributed by atoms with Crippen LogP contribution in [0.25, 0.3) is 0 Å². The summed E-state index contributed by atoms with van der Waals surface area (Å²) in [5.41, 5.74) is -1.56. The molecule has 1 aliphatic carbocycles. The van der Waals surface area contributed by atoms with Crippen molar-refractivity contribution >= 4 is 24.1 Å². The van der Waals surface area contributed by atoms with E-state index in [1.165, 1.54) is 18.0 Å². The number of carboxylic acid groups (broad SMARTS) is 1. The van der Waals surface area contributed by atoms with Crippen molar-refractivity contribution in [1.29, 1.82) is 0 Å². The van der Waals surface area contributed by atoms with Gasteiger partial charge in [-0.25, -0.2) is 9.59 Å². The molecule has 0 saturated heterocycles. The lowest BCUT2D eigenvalue weighted by Gasteiger charge is -2.41.